The van der Waals surface area contributed by atoms with Gasteiger partial charge in [-0.1, -0.05) is 0 Å². The van der Waals surface area contributed by atoms with Gasteiger partial charge in [-0.25, -0.2) is 0 Å². The summed E-state index contributed by atoms with van der Waals surface area (Å²) in [6, 6.07) is 0. The summed E-state index contributed by atoms with van der Waals surface area (Å²) in [5, 5.41) is 7.32. The van der Waals surface area contributed by atoms with Gasteiger partial charge in [-0.15, -0.1) is 0 Å². The van der Waals surface area contributed by atoms with E-state index in [1.165, 1.54) is 0 Å². The van der Waals surface area contributed by atoms with Gasteiger partial charge in [-0.2, -0.15) is 13.2 Å². The molecule has 0 amide bonds. The Morgan fingerprint density at radius 1 is 1.29 bits per heavy atom. The van der Waals surface area contributed by atoms with Crippen LogP contribution >= 0.6 is 0 Å². The molecule has 0 spiro atoms. The first-order valence-corrected chi connectivity index (χ1v) is 1.29. The van der Waals surface area contributed by atoms with E-state index < -0.39 is 6.18 Å². The van der Waals surface area contributed by atoms with Gasteiger partial charge in [-0.3, -0.25) is 0 Å². The van der Waals surface area contributed by atoms with Gasteiger partial charge in [-0.05, 0) is 0 Å². The van der Waals surface area contributed by atoms with Crippen LogP contribution in [0.2, 0.25) is 0 Å². The smallest absolute Gasteiger partial charge is 0.460 e. The van der Waals surface area contributed by atoms with Crippen LogP contribution in [-0.4, -0.2) is 11.3 Å². The van der Waals surface area contributed by atoms with Crippen LogP contribution in [0.25, 0.3) is 0 Å². The average Bonchev–Trinajstić information content (AvgIpc) is 1.30. The molecule has 0 aromatic carbocycles. The van der Waals surface area contributed by atoms with Crippen LogP contribution in [0.5, 0.6) is 0 Å². The Hall–Kier alpha value is -0.850. The van der Waals surface area contributed by atoms with Crippen molar-refractivity contribution in [2.75, 3.05) is 0 Å². The highest BCUT2D eigenvalue weighted by Gasteiger charge is 2.23. The van der Waals surface area contributed by atoms with Gasteiger partial charge >= 0.3 is 6.18 Å². The molecule has 0 heterocycles. The molecule has 0 saturated heterocycles. The van der Waals surface area contributed by atoms with Gasteiger partial charge in [0.05, 0.1) is 5.92 Å². The molecule has 0 unspecified atom stereocenters. The van der Waals surface area contributed by atoms with E-state index in [1.807, 2.05) is 0 Å². The number of alkyl halides is 3. The van der Waals surface area contributed by atoms with E-state index in [-0.39, 0.29) is 0 Å². The van der Waals surface area contributed by atoms with Crippen LogP contribution in [0.3, 0.4) is 0 Å². The van der Waals surface area contributed by atoms with Gasteiger partial charge < -0.3 is 5.11 Å². The lowest BCUT2D eigenvalue weighted by Gasteiger charge is -1.88. The van der Waals surface area contributed by atoms with Crippen LogP contribution in [0.4, 0.5) is 13.2 Å². The first-order chi connectivity index (χ1) is 3.06. The van der Waals surface area contributed by atoms with E-state index in [0.29, 0.717) is 5.92 Å². The molecule has 7 heavy (non-hydrogen) atoms. The van der Waals surface area contributed by atoms with E-state index in [4.69, 9.17) is 5.11 Å². The number of aliphatic hydroxyl groups excluding tert-OH is 1. The molecule has 0 aliphatic carbocycles. The van der Waals surface area contributed by atoms with Gasteiger partial charge in [0, 0.05) is 0 Å². The minimum atomic E-state index is -4.56. The summed E-state index contributed by atoms with van der Waals surface area (Å²) in [6.07, 6.45) is -3.83. The molecule has 0 aliphatic heterocycles. The fourth-order valence-corrected chi connectivity index (χ4v) is 0.0634. The predicted octanol–water partition coefficient (Wildman–Crippen LogP) is 0.882. The van der Waals surface area contributed by atoms with Gasteiger partial charge in [0.2, 0.25) is 0 Å². The number of aliphatic hydroxyl groups is 1. The molecule has 1 N–H and O–H groups in total. The molecule has 0 atom stereocenters. The largest absolute Gasteiger partial charge is 0.462 e. The van der Waals surface area contributed by atoms with Crippen molar-refractivity contribution in [3.63, 3.8) is 0 Å². The van der Waals surface area contributed by atoms with Gasteiger partial charge in [0.25, 0.3) is 0 Å². The Kier molecular flexibility index (Phi) is 1.52. The Morgan fingerprint density at radius 3 is 1.71 bits per heavy atom. The molecule has 0 aromatic rings. The van der Waals surface area contributed by atoms with Crippen molar-refractivity contribution in [2.24, 2.45) is 0 Å². The summed E-state index contributed by atoms with van der Waals surface area (Å²) in [6.45, 7) is 0. The van der Waals surface area contributed by atoms with Gasteiger partial charge in [0.1, 0.15) is 6.11 Å². The lowest BCUT2D eigenvalue weighted by atomic mass is 10.7. The fraction of sp³-hybridized carbons (Fsp3) is 0.333. The molecule has 0 radical (unpaired) electrons. The molecule has 4 heteroatoms. The Balaban J connectivity index is 3.72. The highest BCUT2D eigenvalue weighted by molar-refractivity contribution is 4.97. The maximum absolute atomic E-state index is 10.7. The van der Waals surface area contributed by atoms with Crippen molar-refractivity contribution in [3.8, 4) is 12.0 Å². The zero-order valence-corrected chi connectivity index (χ0v) is 3.08. The van der Waals surface area contributed by atoms with E-state index in [1.54, 1.807) is 0 Å². The molecule has 0 aromatic heterocycles. The Labute approximate surface area is 37.8 Å². The van der Waals surface area contributed by atoms with Crippen molar-refractivity contribution in [1.29, 1.82) is 0 Å². The fourth-order valence-electron chi connectivity index (χ4n) is 0.0634. The minimum Gasteiger partial charge on any atom is -0.462 e. The highest BCUT2D eigenvalue weighted by Crippen LogP contribution is 2.11. The summed E-state index contributed by atoms with van der Waals surface area (Å²) in [5.41, 5.74) is 0. The third-order valence-corrected chi connectivity index (χ3v) is 0.198. The van der Waals surface area contributed by atoms with Crippen LogP contribution in [-0.2, 0) is 0 Å². The molecular weight excluding hydrogens is 109 g/mol. The van der Waals surface area contributed by atoms with E-state index in [2.05, 4.69) is 0 Å². The molecule has 0 rings (SSSR count). The summed E-state index contributed by atoms with van der Waals surface area (Å²) < 4.78 is 32.2. The maximum atomic E-state index is 10.7. The lowest BCUT2D eigenvalue weighted by molar-refractivity contribution is -0.0701. The average molecular weight is 110 g/mol. The third kappa shape index (κ3) is 5.15. The van der Waals surface area contributed by atoms with Crippen molar-refractivity contribution < 1.29 is 18.3 Å². The number of halogens is 3. The summed E-state index contributed by atoms with van der Waals surface area (Å²) in [4.78, 5) is 0. The first-order valence-electron chi connectivity index (χ1n) is 1.29. The van der Waals surface area contributed by atoms with Gasteiger partial charge in [0.15, 0.2) is 0 Å². The zero-order valence-electron chi connectivity index (χ0n) is 3.08. The Morgan fingerprint density at radius 2 is 1.71 bits per heavy atom. The SMILES string of the molecule is OC#CC(F)(F)F. The first kappa shape index (κ1) is 6.15. The molecule has 40 valence electrons. The van der Waals surface area contributed by atoms with E-state index in [0.717, 1.165) is 6.11 Å². The van der Waals surface area contributed by atoms with Crippen LogP contribution in [0, 0.1) is 12.0 Å². The molecule has 0 aliphatic rings. The second-order valence-electron chi connectivity index (χ2n) is 0.735. The van der Waals surface area contributed by atoms with E-state index in [9.17, 15) is 13.2 Å². The van der Waals surface area contributed by atoms with Crippen molar-refractivity contribution >= 4 is 0 Å². The Bertz CT molecular complexity index is 104. The van der Waals surface area contributed by atoms with Crippen LogP contribution in [0.15, 0.2) is 0 Å². The van der Waals surface area contributed by atoms with Crippen LogP contribution < -0.4 is 0 Å². The predicted molar refractivity (Wildman–Crippen MR) is 15.8 cm³/mol. The monoisotopic (exact) mass is 110 g/mol. The third-order valence-electron chi connectivity index (χ3n) is 0.198. The number of hydrogen-bond acceptors (Lipinski definition) is 1. The van der Waals surface area contributed by atoms with E-state index >= 15 is 0 Å². The summed E-state index contributed by atoms with van der Waals surface area (Å²) in [5.74, 6) is 0.590. The van der Waals surface area contributed by atoms with Crippen LogP contribution in [0.1, 0.15) is 0 Å². The molecule has 0 fully saturated rings. The molecule has 0 saturated carbocycles. The van der Waals surface area contributed by atoms with Crippen molar-refractivity contribution in [2.45, 2.75) is 6.18 Å². The maximum Gasteiger partial charge on any atom is 0.460 e. The highest BCUT2D eigenvalue weighted by atomic mass is 19.4. The normalized spacial score (nSPS) is 9.57. The molecule has 0 bridgehead atoms. The topological polar surface area (TPSA) is 20.2 Å². The minimum absolute atomic E-state index is 0.590. The summed E-state index contributed by atoms with van der Waals surface area (Å²) in [7, 11) is 0. The standard InChI is InChI=1S/C3HF3O/c4-3(5,6)1-2-7/h7H. The second-order valence-corrected chi connectivity index (χ2v) is 0.735. The second kappa shape index (κ2) is 1.73. The lowest BCUT2D eigenvalue weighted by Crippen LogP contribution is -2.00. The van der Waals surface area contributed by atoms with Crippen molar-refractivity contribution in [3.05, 3.63) is 0 Å². The quantitative estimate of drug-likeness (QED) is 0.459. The number of hydrogen-bond donors (Lipinski definition) is 1. The number of rotatable bonds is 0. The molecule has 1 nitrogen and oxygen atoms in total. The van der Waals surface area contributed by atoms with Crippen molar-refractivity contribution in [1.82, 2.24) is 0 Å². The molecular formula is C3HF3O. The zero-order chi connectivity index (χ0) is 5.91. The summed E-state index contributed by atoms with van der Waals surface area (Å²) >= 11 is 0.